The smallest absolute Gasteiger partial charge is 0.153 e. The van der Waals surface area contributed by atoms with E-state index in [-0.39, 0.29) is 0 Å². The first kappa shape index (κ1) is 10.2. The highest BCUT2D eigenvalue weighted by Crippen LogP contribution is 2.28. The SMILES string of the molecule is CC(C)c1ccccc1N1CCC(=O)C1. The summed E-state index contributed by atoms with van der Waals surface area (Å²) in [6.07, 6.45) is 0.701. The molecule has 0 spiro atoms. The van der Waals surface area contributed by atoms with Crippen molar-refractivity contribution in [3.63, 3.8) is 0 Å². The number of ketones is 1. The molecule has 0 aromatic heterocycles. The highest BCUT2D eigenvalue weighted by molar-refractivity contribution is 5.87. The molecule has 1 aromatic carbocycles. The van der Waals surface area contributed by atoms with Gasteiger partial charge in [-0.25, -0.2) is 0 Å². The zero-order valence-electron chi connectivity index (χ0n) is 9.36. The zero-order chi connectivity index (χ0) is 10.8. The Kier molecular flexibility index (Phi) is 2.76. The number of hydrogen-bond donors (Lipinski definition) is 0. The number of rotatable bonds is 2. The molecule has 0 bridgehead atoms. The quantitative estimate of drug-likeness (QED) is 0.736. The van der Waals surface area contributed by atoms with E-state index in [1.807, 2.05) is 6.07 Å². The highest BCUT2D eigenvalue weighted by atomic mass is 16.1. The van der Waals surface area contributed by atoms with Crippen LogP contribution < -0.4 is 4.90 Å². The summed E-state index contributed by atoms with van der Waals surface area (Å²) < 4.78 is 0. The van der Waals surface area contributed by atoms with Crippen LogP contribution in [0.1, 0.15) is 31.7 Å². The maximum atomic E-state index is 11.3. The molecule has 0 aliphatic carbocycles. The normalized spacial score (nSPS) is 16.5. The summed E-state index contributed by atoms with van der Waals surface area (Å²) in [6, 6.07) is 8.39. The van der Waals surface area contributed by atoms with Crippen LogP contribution in [0.25, 0.3) is 0 Å². The summed E-state index contributed by atoms with van der Waals surface area (Å²) in [5.74, 6) is 0.866. The van der Waals surface area contributed by atoms with Gasteiger partial charge in [-0.05, 0) is 17.5 Å². The lowest BCUT2D eigenvalue weighted by Crippen LogP contribution is -2.21. The van der Waals surface area contributed by atoms with Gasteiger partial charge in [0, 0.05) is 18.7 Å². The molecule has 15 heavy (non-hydrogen) atoms. The van der Waals surface area contributed by atoms with E-state index in [9.17, 15) is 4.79 Å². The number of carbonyl (C=O) groups is 1. The second-order valence-corrected chi connectivity index (χ2v) is 4.42. The van der Waals surface area contributed by atoms with Crippen LogP contribution in [0, 0.1) is 0 Å². The summed E-state index contributed by atoms with van der Waals surface area (Å²) in [5, 5.41) is 0. The van der Waals surface area contributed by atoms with Crippen molar-refractivity contribution >= 4 is 11.5 Å². The first-order valence-electron chi connectivity index (χ1n) is 5.54. The second-order valence-electron chi connectivity index (χ2n) is 4.42. The Bertz CT molecular complexity index is 371. The second kappa shape index (κ2) is 4.05. The Morgan fingerprint density at radius 3 is 2.60 bits per heavy atom. The van der Waals surface area contributed by atoms with Gasteiger partial charge >= 0.3 is 0 Å². The molecular formula is C13H17NO. The topological polar surface area (TPSA) is 20.3 Å². The molecule has 1 saturated heterocycles. The van der Waals surface area contributed by atoms with Gasteiger partial charge in [-0.1, -0.05) is 32.0 Å². The Morgan fingerprint density at radius 2 is 2.00 bits per heavy atom. The van der Waals surface area contributed by atoms with E-state index in [0.29, 0.717) is 24.7 Å². The molecule has 1 heterocycles. The Balaban J connectivity index is 2.31. The van der Waals surface area contributed by atoms with Crippen LogP contribution in [0.3, 0.4) is 0 Å². The minimum Gasteiger partial charge on any atom is -0.364 e. The van der Waals surface area contributed by atoms with Gasteiger partial charge in [0.25, 0.3) is 0 Å². The first-order chi connectivity index (χ1) is 7.18. The minimum absolute atomic E-state index is 0.355. The van der Waals surface area contributed by atoms with E-state index in [2.05, 4.69) is 36.9 Å². The lowest BCUT2D eigenvalue weighted by Gasteiger charge is -2.22. The fourth-order valence-electron chi connectivity index (χ4n) is 2.10. The first-order valence-corrected chi connectivity index (χ1v) is 5.54. The standard InChI is InChI=1S/C13H17NO/c1-10(2)12-5-3-4-6-13(12)14-8-7-11(15)9-14/h3-6,10H,7-9H2,1-2H3. The third kappa shape index (κ3) is 2.04. The van der Waals surface area contributed by atoms with E-state index in [1.165, 1.54) is 11.3 Å². The molecule has 0 atom stereocenters. The molecule has 2 rings (SSSR count). The molecule has 0 radical (unpaired) electrons. The van der Waals surface area contributed by atoms with E-state index in [0.717, 1.165) is 6.54 Å². The Morgan fingerprint density at radius 1 is 1.27 bits per heavy atom. The number of para-hydroxylation sites is 1. The third-order valence-corrected chi connectivity index (χ3v) is 2.93. The van der Waals surface area contributed by atoms with E-state index < -0.39 is 0 Å². The third-order valence-electron chi connectivity index (χ3n) is 2.93. The van der Waals surface area contributed by atoms with Gasteiger partial charge in [0.2, 0.25) is 0 Å². The van der Waals surface area contributed by atoms with Crippen molar-refractivity contribution in [2.24, 2.45) is 0 Å². The summed E-state index contributed by atoms with van der Waals surface area (Å²) in [7, 11) is 0. The monoisotopic (exact) mass is 203 g/mol. The van der Waals surface area contributed by atoms with Crippen LogP contribution in [0.15, 0.2) is 24.3 Å². The van der Waals surface area contributed by atoms with Crippen molar-refractivity contribution in [1.29, 1.82) is 0 Å². The van der Waals surface area contributed by atoms with Crippen molar-refractivity contribution in [3.05, 3.63) is 29.8 Å². The fourth-order valence-corrected chi connectivity index (χ4v) is 2.10. The molecular weight excluding hydrogens is 186 g/mol. The zero-order valence-corrected chi connectivity index (χ0v) is 9.36. The molecule has 1 aliphatic heterocycles. The summed E-state index contributed by atoms with van der Waals surface area (Å²) in [5.41, 5.74) is 2.57. The largest absolute Gasteiger partial charge is 0.364 e. The summed E-state index contributed by atoms with van der Waals surface area (Å²) in [6.45, 7) is 5.85. The van der Waals surface area contributed by atoms with Crippen LogP contribution in [0.5, 0.6) is 0 Å². The molecule has 1 aliphatic rings. The van der Waals surface area contributed by atoms with Crippen LogP contribution in [0.4, 0.5) is 5.69 Å². The molecule has 0 saturated carbocycles. The maximum absolute atomic E-state index is 11.3. The van der Waals surface area contributed by atoms with Crippen molar-refractivity contribution in [1.82, 2.24) is 0 Å². The van der Waals surface area contributed by atoms with Crippen LogP contribution >= 0.6 is 0 Å². The number of anilines is 1. The molecule has 1 aromatic rings. The van der Waals surface area contributed by atoms with Gasteiger partial charge in [0.1, 0.15) is 0 Å². The number of hydrogen-bond acceptors (Lipinski definition) is 2. The van der Waals surface area contributed by atoms with Crippen LogP contribution in [-0.4, -0.2) is 18.9 Å². The van der Waals surface area contributed by atoms with Gasteiger partial charge in [0.15, 0.2) is 5.78 Å². The van der Waals surface area contributed by atoms with Crippen molar-refractivity contribution in [3.8, 4) is 0 Å². The van der Waals surface area contributed by atoms with E-state index in [4.69, 9.17) is 0 Å². The molecule has 2 heteroatoms. The Hall–Kier alpha value is -1.31. The number of nitrogens with zero attached hydrogens (tertiary/aromatic N) is 1. The van der Waals surface area contributed by atoms with Crippen LogP contribution in [0.2, 0.25) is 0 Å². The van der Waals surface area contributed by atoms with Gasteiger partial charge in [-0.3, -0.25) is 4.79 Å². The number of benzene rings is 1. The molecule has 1 fully saturated rings. The molecule has 0 unspecified atom stereocenters. The predicted molar refractivity (Wildman–Crippen MR) is 62.4 cm³/mol. The van der Waals surface area contributed by atoms with Gasteiger partial charge in [0.05, 0.1) is 6.54 Å². The molecule has 80 valence electrons. The van der Waals surface area contributed by atoms with Crippen molar-refractivity contribution in [2.75, 3.05) is 18.0 Å². The Labute approximate surface area is 90.9 Å². The predicted octanol–water partition coefficient (Wildman–Crippen LogP) is 2.59. The lowest BCUT2D eigenvalue weighted by atomic mass is 10.0. The number of carbonyl (C=O) groups excluding carboxylic acids is 1. The van der Waals surface area contributed by atoms with E-state index >= 15 is 0 Å². The molecule has 2 nitrogen and oxygen atoms in total. The van der Waals surface area contributed by atoms with Crippen LogP contribution in [-0.2, 0) is 4.79 Å². The van der Waals surface area contributed by atoms with Gasteiger partial charge in [-0.15, -0.1) is 0 Å². The highest BCUT2D eigenvalue weighted by Gasteiger charge is 2.21. The van der Waals surface area contributed by atoms with E-state index in [1.54, 1.807) is 0 Å². The number of Topliss-reactive ketones (excluding diaryl/α,β-unsaturated/α-hetero) is 1. The lowest BCUT2D eigenvalue weighted by molar-refractivity contribution is -0.116. The summed E-state index contributed by atoms with van der Waals surface area (Å²) >= 11 is 0. The van der Waals surface area contributed by atoms with Crippen molar-refractivity contribution in [2.45, 2.75) is 26.2 Å². The van der Waals surface area contributed by atoms with Crippen molar-refractivity contribution < 1.29 is 4.79 Å². The fraction of sp³-hybridized carbons (Fsp3) is 0.462. The minimum atomic E-state index is 0.355. The van der Waals surface area contributed by atoms with Gasteiger partial charge < -0.3 is 4.90 Å². The maximum Gasteiger partial charge on any atom is 0.153 e. The molecule has 0 N–H and O–H groups in total. The average molecular weight is 203 g/mol. The molecule has 0 amide bonds. The average Bonchev–Trinajstić information content (AvgIpc) is 2.65. The van der Waals surface area contributed by atoms with Gasteiger partial charge in [-0.2, -0.15) is 0 Å². The summed E-state index contributed by atoms with van der Waals surface area (Å²) in [4.78, 5) is 13.5.